The first-order valence-electron chi connectivity index (χ1n) is 4.54. The van der Waals surface area contributed by atoms with Gasteiger partial charge < -0.3 is 0 Å². The van der Waals surface area contributed by atoms with Gasteiger partial charge in [0.25, 0.3) is 0 Å². The van der Waals surface area contributed by atoms with E-state index < -0.39 is 7.27 Å². The van der Waals surface area contributed by atoms with Gasteiger partial charge in [0, 0.05) is 29.9 Å². The first-order valence-corrected chi connectivity index (χ1v) is 9.81. The third kappa shape index (κ3) is 2.85. The van der Waals surface area contributed by atoms with Crippen LogP contribution >= 0.6 is 79.6 Å². The molecule has 1 aromatic carbocycles. The summed E-state index contributed by atoms with van der Waals surface area (Å²) in [5.41, 5.74) is 0.350. The molecular formula is C11H7BrClI2P. The molecule has 5 heteroatoms. The third-order valence-corrected chi connectivity index (χ3v) is 9.73. The summed E-state index contributed by atoms with van der Waals surface area (Å²) in [6.07, 6.45) is 4.29. The van der Waals surface area contributed by atoms with E-state index in [1.807, 2.05) is 6.07 Å². The summed E-state index contributed by atoms with van der Waals surface area (Å²) in [6, 6.07) is 8.34. The molecule has 1 aromatic rings. The van der Waals surface area contributed by atoms with Crippen molar-refractivity contribution >= 4 is 84.9 Å². The van der Waals surface area contributed by atoms with E-state index in [1.165, 1.54) is 12.5 Å². The van der Waals surface area contributed by atoms with Gasteiger partial charge in [0.15, 0.2) is 0 Å². The van der Waals surface area contributed by atoms with Crippen LogP contribution in [0.3, 0.4) is 0 Å². The molecule has 2 unspecified atom stereocenters. The first-order chi connectivity index (χ1) is 7.61. The van der Waals surface area contributed by atoms with Crippen molar-refractivity contribution in [3.63, 3.8) is 0 Å². The molecule has 0 fully saturated rings. The van der Waals surface area contributed by atoms with E-state index in [0.717, 1.165) is 4.48 Å². The fourth-order valence-corrected chi connectivity index (χ4v) is 7.63. The van der Waals surface area contributed by atoms with E-state index in [0.29, 0.717) is 5.66 Å². The zero-order valence-electron chi connectivity index (χ0n) is 8.00. The van der Waals surface area contributed by atoms with Crippen LogP contribution in [0.5, 0.6) is 0 Å². The molecule has 0 spiro atoms. The average Bonchev–Trinajstić information content (AvgIpc) is 2.60. The van der Waals surface area contributed by atoms with Gasteiger partial charge in [0.05, 0.1) is 0 Å². The highest BCUT2D eigenvalue weighted by Crippen LogP contribution is 2.54. The minimum absolute atomic E-state index is 0.350. The topological polar surface area (TPSA) is 0 Å². The smallest absolute Gasteiger partial charge is 0.0473 e. The zero-order chi connectivity index (χ0) is 11.7. The van der Waals surface area contributed by atoms with E-state index in [4.69, 9.17) is 11.2 Å². The van der Waals surface area contributed by atoms with Crippen LogP contribution in [0.15, 0.2) is 44.5 Å². The molecule has 16 heavy (non-hydrogen) atoms. The Hall–Kier alpha value is 1.36. The molecule has 2 atom stereocenters. The Bertz CT molecular complexity index is 473. The lowest BCUT2D eigenvalue weighted by molar-refractivity contribution is 1.44. The Morgan fingerprint density at radius 2 is 1.94 bits per heavy atom. The predicted octanol–water partition coefficient (Wildman–Crippen LogP) is 5.53. The molecule has 0 heterocycles. The van der Waals surface area contributed by atoms with E-state index in [1.54, 1.807) is 0 Å². The maximum atomic E-state index is 6.63. The number of hydrogen-bond acceptors (Lipinski definition) is 0. The summed E-state index contributed by atoms with van der Waals surface area (Å²) in [7, 11) is -0.681. The fraction of sp³-hybridized carbons (Fsp3) is 0.0909. The van der Waals surface area contributed by atoms with Crippen molar-refractivity contribution in [3.8, 4) is 0 Å². The molecule has 0 saturated heterocycles. The molecule has 2 rings (SSSR count). The van der Waals surface area contributed by atoms with Crippen molar-refractivity contribution in [1.29, 1.82) is 0 Å². The quantitative estimate of drug-likeness (QED) is 0.343. The molecule has 0 N–H and O–H groups in total. The fourth-order valence-electron chi connectivity index (χ4n) is 1.43. The lowest BCUT2D eigenvalue weighted by Gasteiger charge is -2.18. The molecule has 1 aliphatic carbocycles. The van der Waals surface area contributed by atoms with Gasteiger partial charge in [-0.15, -0.1) is 0 Å². The van der Waals surface area contributed by atoms with Crippen LogP contribution < -0.4 is 5.30 Å². The van der Waals surface area contributed by atoms with Gasteiger partial charge in [-0.3, -0.25) is 0 Å². The minimum atomic E-state index is -0.681. The van der Waals surface area contributed by atoms with Gasteiger partial charge in [-0.2, -0.15) is 0 Å². The van der Waals surface area contributed by atoms with E-state index in [2.05, 4.69) is 91.5 Å². The number of halogens is 4. The summed E-state index contributed by atoms with van der Waals surface area (Å²) in [5.74, 6) is 0. The number of hydrogen-bond donors (Lipinski definition) is 0. The van der Waals surface area contributed by atoms with Crippen molar-refractivity contribution in [1.82, 2.24) is 0 Å². The highest BCUT2D eigenvalue weighted by molar-refractivity contribution is 14.1. The molecule has 0 bridgehead atoms. The second-order valence-corrected chi connectivity index (χ2v) is 9.19. The first kappa shape index (κ1) is 13.8. The number of benzene rings is 1. The van der Waals surface area contributed by atoms with Crippen molar-refractivity contribution in [2.45, 2.75) is 5.66 Å². The second-order valence-electron chi connectivity index (χ2n) is 3.26. The van der Waals surface area contributed by atoms with Crippen molar-refractivity contribution < 1.29 is 0 Å². The molecule has 84 valence electrons. The number of rotatable bonds is 2. The van der Waals surface area contributed by atoms with Crippen LogP contribution in [-0.4, -0.2) is 5.66 Å². The summed E-state index contributed by atoms with van der Waals surface area (Å²) >= 11 is 14.9. The van der Waals surface area contributed by atoms with Gasteiger partial charge in [-0.25, -0.2) is 0 Å². The lowest BCUT2D eigenvalue weighted by Crippen LogP contribution is -2.10. The summed E-state index contributed by atoms with van der Waals surface area (Å²) in [6.45, 7) is 0. The molecule has 0 saturated carbocycles. The van der Waals surface area contributed by atoms with Gasteiger partial charge in [0.2, 0.25) is 0 Å². The van der Waals surface area contributed by atoms with E-state index in [-0.39, 0.29) is 0 Å². The van der Waals surface area contributed by atoms with Gasteiger partial charge in [0.1, 0.15) is 0 Å². The Kier molecular flexibility index (Phi) is 5.17. The Balaban J connectivity index is 2.31. The molecule has 0 nitrogen and oxygen atoms in total. The standard InChI is InChI=1S/C11H7BrClI2P/c12-7-5-6-10(11(7)15)16(13)9-4-2-1-3-8(9)14/h1-6,10H. The van der Waals surface area contributed by atoms with Crippen LogP contribution in [0, 0.1) is 3.57 Å². The molecule has 1 aliphatic rings. The molecule has 0 radical (unpaired) electrons. The maximum absolute atomic E-state index is 6.63. The number of allylic oxidation sites excluding steroid dienone is 4. The van der Waals surface area contributed by atoms with Gasteiger partial charge in [-0.05, 0) is 51.2 Å². The second kappa shape index (κ2) is 6.00. The highest BCUT2D eigenvalue weighted by Gasteiger charge is 2.27. The molecular weight excluding hydrogens is 532 g/mol. The highest BCUT2D eigenvalue weighted by atomic mass is 127. The van der Waals surface area contributed by atoms with Crippen LogP contribution in [-0.2, 0) is 0 Å². The Morgan fingerprint density at radius 3 is 2.50 bits per heavy atom. The largest absolute Gasteiger partial charge is 0.0901 e. The lowest BCUT2D eigenvalue weighted by atomic mass is 10.4. The maximum Gasteiger partial charge on any atom is 0.0473 e. The van der Waals surface area contributed by atoms with E-state index >= 15 is 0 Å². The molecule has 0 aliphatic heterocycles. The predicted molar refractivity (Wildman–Crippen MR) is 94.5 cm³/mol. The van der Waals surface area contributed by atoms with Gasteiger partial charge >= 0.3 is 0 Å². The summed E-state index contributed by atoms with van der Waals surface area (Å²) in [5, 5.41) is 1.27. The molecule has 0 amide bonds. The Morgan fingerprint density at radius 1 is 1.25 bits per heavy atom. The van der Waals surface area contributed by atoms with Crippen molar-refractivity contribution in [2.24, 2.45) is 0 Å². The SMILES string of the molecule is ClP(c1ccccc1I)C1C=CC(Br)=C1I. The van der Waals surface area contributed by atoms with E-state index in [9.17, 15) is 0 Å². The van der Waals surface area contributed by atoms with Crippen molar-refractivity contribution in [2.75, 3.05) is 0 Å². The minimum Gasteiger partial charge on any atom is -0.0901 e. The normalized spacial score (nSPS) is 21.6. The Labute approximate surface area is 137 Å². The summed E-state index contributed by atoms with van der Waals surface area (Å²) in [4.78, 5) is 0. The van der Waals surface area contributed by atoms with Crippen molar-refractivity contribution in [3.05, 3.63) is 48.0 Å². The van der Waals surface area contributed by atoms with Crippen LogP contribution in [0.4, 0.5) is 0 Å². The summed E-state index contributed by atoms with van der Waals surface area (Å²) < 4.78 is 3.72. The zero-order valence-corrected chi connectivity index (χ0v) is 15.6. The van der Waals surface area contributed by atoms with Gasteiger partial charge in [-0.1, -0.05) is 57.5 Å². The van der Waals surface area contributed by atoms with Crippen LogP contribution in [0.2, 0.25) is 0 Å². The van der Waals surface area contributed by atoms with Crippen LogP contribution in [0.1, 0.15) is 0 Å². The average molecular weight is 539 g/mol. The molecule has 0 aromatic heterocycles. The van der Waals surface area contributed by atoms with Crippen LogP contribution in [0.25, 0.3) is 0 Å². The third-order valence-electron chi connectivity index (χ3n) is 2.24. The monoisotopic (exact) mass is 538 g/mol.